The van der Waals surface area contributed by atoms with Crippen molar-refractivity contribution in [1.82, 2.24) is 0 Å². The van der Waals surface area contributed by atoms with Gasteiger partial charge in [-0.2, -0.15) is 0 Å². The Hall–Kier alpha value is -4.38. The standard InChI is InChI=1S/C31H26FNO3/c1-3-35-24-18-14-22(15-19-24)31-26(20-33-27-9-5-7-11-29(27)34-2)30(21-12-16-23(32)17-13-21)25-8-4-6-10-28(25)36-31/h4-20,30H,3H2,1-2H3/t30-/m0/s1. The van der Waals surface area contributed by atoms with Crippen LogP contribution in [0.3, 0.4) is 0 Å². The number of para-hydroxylation sites is 3. The average molecular weight is 480 g/mol. The Balaban J connectivity index is 1.71. The maximum absolute atomic E-state index is 13.9. The van der Waals surface area contributed by atoms with Gasteiger partial charge in [-0.15, -0.1) is 0 Å². The van der Waals surface area contributed by atoms with Gasteiger partial charge in [0.2, 0.25) is 0 Å². The first-order valence-corrected chi connectivity index (χ1v) is 11.8. The van der Waals surface area contributed by atoms with E-state index in [0.717, 1.165) is 33.8 Å². The first kappa shape index (κ1) is 23.4. The van der Waals surface area contributed by atoms with Crippen LogP contribution in [-0.2, 0) is 0 Å². The van der Waals surface area contributed by atoms with E-state index in [2.05, 4.69) is 0 Å². The summed E-state index contributed by atoms with van der Waals surface area (Å²) in [6.07, 6.45) is 1.83. The molecule has 4 nitrogen and oxygen atoms in total. The second-order valence-electron chi connectivity index (χ2n) is 8.30. The van der Waals surface area contributed by atoms with Crippen LogP contribution in [0.15, 0.2) is 108 Å². The SMILES string of the molecule is CCOc1ccc(C2=C(C=Nc3ccccc3OC)[C@@H](c3ccc(F)cc3)c3ccccc3O2)cc1. The summed E-state index contributed by atoms with van der Waals surface area (Å²) in [6.45, 7) is 2.55. The molecule has 1 heterocycles. The maximum atomic E-state index is 13.9. The molecule has 4 aromatic rings. The van der Waals surface area contributed by atoms with Crippen molar-refractivity contribution in [2.45, 2.75) is 12.8 Å². The number of nitrogens with zero attached hydrogens (tertiary/aromatic N) is 1. The summed E-state index contributed by atoms with van der Waals surface area (Å²) < 4.78 is 31.5. The molecule has 4 aromatic carbocycles. The molecule has 5 heteroatoms. The first-order valence-electron chi connectivity index (χ1n) is 11.8. The zero-order chi connectivity index (χ0) is 24.9. The fourth-order valence-corrected chi connectivity index (χ4v) is 4.40. The molecule has 0 saturated heterocycles. The number of fused-ring (bicyclic) bond motifs is 1. The van der Waals surface area contributed by atoms with Gasteiger partial charge in [0, 0.05) is 28.8 Å². The number of methoxy groups -OCH3 is 1. The zero-order valence-corrected chi connectivity index (χ0v) is 20.1. The third kappa shape index (κ3) is 4.73. The number of hydrogen-bond donors (Lipinski definition) is 0. The van der Waals surface area contributed by atoms with Gasteiger partial charge in [0.25, 0.3) is 0 Å². The van der Waals surface area contributed by atoms with Gasteiger partial charge in [-0.3, -0.25) is 4.99 Å². The molecule has 0 saturated carbocycles. The summed E-state index contributed by atoms with van der Waals surface area (Å²) in [4.78, 5) is 4.80. The lowest BCUT2D eigenvalue weighted by atomic mass is 9.81. The highest BCUT2D eigenvalue weighted by atomic mass is 19.1. The summed E-state index contributed by atoms with van der Waals surface area (Å²) in [6, 6.07) is 29.9. The van der Waals surface area contributed by atoms with Gasteiger partial charge in [-0.05, 0) is 67.1 Å². The summed E-state index contributed by atoms with van der Waals surface area (Å²) >= 11 is 0. The Bertz CT molecular complexity index is 1410. The highest BCUT2D eigenvalue weighted by molar-refractivity contribution is 5.95. The molecule has 0 bridgehead atoms. The van der Waals surface area contributed by atoms with Crippen molar-refractivity contribution >= 4 is 17.7 Å². The lowest BCUT2D eigenvalue weighted by molar-refractivity contribution is 0.340. The molecule has 1 aliphatic heterocycles. The number of benzene rings is 4. The van der Waals surface area contributed by atoms with Crippen molar-refractivity contribution in [3.05, 3.63) is 125 Å². The summed E-state index contributed by atoms with van der Waals surface area (Å²) in [5.74, 6) is 2.41. The van der Waals surface area contributed by atoms with E-state index >= 15 is 0 Å². The highest BCUT2D eigenvalue weighted by Crippen LogP contribution is 2.45. The van der Waals surface area contributed by atoms with Crippen LogP contribution >= 0.6 is 0 Å². The van der Waals surface area contributed by atoms with Crippen LogP contribution in [0.5, 0.6) is 17.2 Å². The predicted octanol–water partition coefficient (Wildman–Crippen LogP) is 7.57. The molecule has 0 spiro atoms. The molecule has 0 aliphatic carbocycles. The zero-order valence-electron chi connectivity index (χ0n) is 20.1. The lowest BCUT2D eigenvalue weighted by Crippen LogP contribution is -2.17. The van der Waals surface area contributed by atoms with Crippen molar-refractivity contribution in [1.29, 1.82) is 0 Å². The quantitative estimate of drug-likeness (QED) is 0.257. The van der Waals surface area contributed by atoms with Crippen LogP contribution in [0.1, 0.15) is 29.5 Å². The number of aliphatic imine (C=N–C) groups is 1. The van der Waals surface area contributed by atoms with Gasteiger partial charge in [-0.1, -0.05) is 42.5 Å². The minimum atomic E-state index is -0.279. The molecule has 0 aromatic heterocycles. The second kappa shape index (κ2) is 10.5. The van der Waals surface area contributed by atoms with E-state index in [1.165, 1.54) is 12.1 Å². The monoisotopic (exact) mass is 479 g/mol. The molecule has 1 atom stereocenters. The predicted molar refractivity (Wildman–Crippen MR) is 141 cm³/mol. The molecule has 1 aliphatic rings. The first-order chi connectivity index (χ1) is 17.7. The van der Waals surface area contributed by atoms with Crippen molar-refractivity contribution in [3.8, 4) is 17.2 Å². The third-order valence-corrected chi connectivity index (χ3v) is 6.07. The Morgan fingerprint density at radius 1 is 0.889 bits per heavy atom. The van der Waals surface area contributed by atoms with E-state index in [0.29, 0.717) is 23.8 Å². The average Bonchev–Trinajstić information content (AvgIpc) is 2.92. The van der Waals surface area contributed by atoms with E-state index in [1.54, 1.807) is 7.11 Å². The summed E-state index contributed by atoms with van der Waals surface area (Å²) in [5.41, 5.74) is 4.38. The van der Waals surface area contributed by atoms with Crippen LogP contribution in [0, 0.1) is 5.82 Å². The van der Waals surface area contributed by atoms with Gasteiger partial charge in [-0.25, -0.2) is 4.39 Å². The lowest BCUT2D eigenvalue weighted by Gasteiger charge is -2.30. The molecule has 5 rings (SSSR count). The maximum Gasteiger partial charge on any atom is 0.144 e. The van der Waals surface area contributed by atoms with Crippen LogP contribution < -0.4 is 14.2 Å². The van der Waals surface area contributed by atoms with Crippen LogP contribution in [-0.4, -0.2) is 19.9 Å². The largest absolute Gasteiger partial charge is 0.494 e. The Kier molecular flexibility index (Phi) is 6.80. The molecule has 0 unspecified atom stereocenters. The molecule has 180 valence electrons. The smallest absolute Gasteiger partial charge is 0.144 e. The fraction of sp³-hybridized carbons (Fsp3) is 0.129. The van der Waals surface area contributed by atoms with Gasteiger partial charge in [0.15, 0.2) is 0 Å². The molecule has 0 radical (unpaired) electrons. The van der Waals surface area contributed by atoms with Gasteiger partial charge < -0.3 is 14.2 Å². The number of hydrogen-bond acceptors (Lipinski definition) is 4. The second-order valence-corrected chi connectivity index (χ2v) is 8.30. The number of allylic oxidation sites excluding steroid dienone is 1. The van der Waals surface area contributed by atoms with Gasteiger partial charge >= 0.3 is 0 Å². The van der Waals surface area contributed by atoms with Gasteiger partial charge in [0.05, 0.1) is 13.7 Å². The Morgan fingerprint density at radius 3 is 2.36 bits per heavy atom. The fourth-order valence-electron chi connectivity index (χ4n) is 4.40. The number of ether oxygens (including phenoxy) is 3. The van der Waals surface area contributed by atoms with Crippen molar-refractivity contribution in [2.24, 2.45) is 4.99 Å². The number of halogens is 1. The topological polar surface area (TPSA) is 40.0 Å². The van der Waals surface area contributed by atoms with E-state index in [-0.39, 0.29) is 11.7 Å². The summed E-state index contributed by atoms with van der Waals surface area (Å²) in [5, 5.41) is 0. The minimum Gasteiger partial charge on any atom is -0.494 e. The Labute approximate surface area is 210 Å². The van der Waals surface area contributed by atoms with Crippen molar-refractivity contribution in [2.75, 3.05) is 13.7 Å². The Morgan fingerprint density at radius 2 is 1.61 bits per heavy atom. The molecular weight excluding hydrogens is 453 g/mol. The highest BCUT2D eigenvalue weighted by Gasteiger charge is 2.31. The van der Waals surface area contributed by atoms with Crippen molar-refractivity contribution < 1.29 is 18.6 Å². The van der Waals surface area contributed by atoms with E-state index in [4.69, 9.17) is 19.2 Å². The normalized spacial score (nSPS) is 14.9. The molecular formula is C31H26FNO3. The van der Waals surface area contributed by atoms with Crippen LogP contribution in [0.4, 0.5) is 10.1 Å². The van der Waals surface area contributed by atoms with E-state index in [1.807, 2.05) is 98.1 Å². The van der Waals surface area contributed by atoms with Gasteiger partial charge in [0.1, 0.15) is 34.5 Å². The molecule has 0 amide bonds. The minimum absolute atomic E-state index is 0.212. The number of rotatable bonds is 7. The molecule has 36 heavy (non-hydrogen) atoms. The van der Waals surface area contributed by atoms with Crippen LogP contribution in [0.2, 0.25) is 0 Å². The van der Waals surface area contributed by atoms with E-state index < -0.39 is 0 Å². The molecule has 0 fully saturated rings. The van der Waals surface area contributed by atoms with E-state index in [9.17, 15) is 4.39 Å². The van der Waals surface area contributed by atoms with Crippen LogP contribution in [0.25, 0.3) is 5.76 Å². The van der Waals surface area contributed by atoms with Crippen molar-refractivity contribution in [3.63, 3.8) is 0 Å². The molecule has 0 N–H and O–H groups in total. The third-order valence-electron chi connectivity index (χ3n) is 6.07. The summed E-state index contributed by atoms with van der Waals surface area (Å²) in [7, 11) is 1.63.